The molecular formula is C41H36BrN3O5S2. The van der Waals surface area contributed by atoms with Crippen LogP contribution in [0.2, 0.25) is 0 Å². The second-order valence-corrected chi connectivity index (χ2v) is 15.1. The van der Waals surface area contributed by atoms with Crippen LogP contribution in [0.15, 0.2) is 124 Å². The zero-order chi connectivity index (χ0) is 36.5. The number of benzene rings is 4. The standard InChI is InChI=1S/C41H36BrN3O5S2/c1-2-50-41(49)37-33-20-19-29(27-12-5-3-6-13-27)23-35(33)52-40(37)45-36(46)25-51-32-18-10-17-31(24-32)43-39(48)34(22-26-11-9-16-30(42)21-26)44-38(47)28-14-7-4-8-15-28/h3-18,21-22,24,29H,2,19-20,23,25H2,1H3,(H,43,48)(H,44,47)(H,45,46)/b34-22+. The third kappa shape index (κ3) is 9.47. The van der Waals surface area contributed by atoms with Gasteiger partial charge in [-0.25, -0.2) is 4.79 Å². The molecule has 3 amide bonds. The lowest BCUT2D eigenvalue weighted by atomic mass is 9.83. The number of rotatable bonds is 12. The summed E-state index contributed by atoms with van der Waals surface area (Å²) in [6, 6.07) is 33.6. The number of esters is 1. The molecule has 1 heterocycles. The van der Waals surface area contributed by atoms with E-state index in [1.807, 2.05) is 54.6 Å². The lowest BCUT2D eigenvalue weighted by Gasteiger charge is -2.23. The third-order valence-electron chi connectivity index (χ3n) is 8.42. The molecule has 52 heavy (non-hydrogen) atoms. The van der Waals surface area contributed by atoms with Crippen LogP contribution in [-0.2, 0) is 27.2 Å². The summed E-state index contributed by atoms with van der Waals surface area (Å²) in [5.74, 6) is -1.17. The third-order valence-corrected chi connectivity index (χ3v) is 11.1. The second-order valence-electron chi connectivity index (χ2n) is 12.0. The molecule has 1 unspecified atom stereocenters. The minimum Gasteiger partial charge on any atom is -0.462 e. The van der Waals surface area contributed by atoms with E-state index < -0.39 is 17.8 Å². The van der Waals surface area contributed by atoms with Crippen LogP contribution < -0.4 is 16.0 Å². The number of thiophene rings is 1. The number of nitrogens with one attached hydrogen (secondary N) is 3. The van der Waals surface area contributed by atoms with Gasteiger partial charge in [-0.05, 0) is 97.3 Å². The van der Waals surface area contributed by atoms with Crippen LogP contribution in [0.3, 0.4) is 0 Å². The van der Waals surface area contributed by atoms with Gasteiger partial charge in [-0.1, -0.05) is 82.7 Å². The van der Waals surface area contributed by atoms with Gasteiger partial charge in [0.25, 0.3) is 11.8 Å². The summed E-state index contributed by atoms with van der Waals surface area (Å²) in [5, 5.41) is 9.14. The van der Waals surface area contributed by atoms with Crippen molar-refractivity contribution in [3.8, 4) is 0 Å². The van der Waals surface area contributed by atoms with Gasteiger partial charge in [-0.3, -0.25) is 14.4 Å². The molecule has 0 aliphatic heterocycles. The quantitative estimate of drug-likeness (QED) is 0.0660. The monoisotopic (exact) mass is 793 g/mol. The van der Waals surface area contributed by atoms with Crippen molar-refractivity contribution in [1.29, 1.82) is 0 Å². The number of anilines is 2. The largest absolute Gasteiger partial charge is 0.462 e. The van der Waals surface area contributed by atoms with E-state index in [2.05, 4.69) is 44.0 Å². The fourth-order valence-electron chi connectivity index (χ4n) is 5.98. The first-order valence-electron chi connectivity index (χ1n) is 16.8. The van der Waals surface area contributed by atoms with Gasteiger partial charge in [-0.15, -0.1) is 23.1 Å². The highest BCUT2D eigenvalue weighted by atomic mass is 79.9. The molecule has 3 N–H and O–H groups in total. The summed E-state index contributed by atoms with van der Waals surface area (Å²) in [4.78, 5) is 54.8. The van der Waals surface area contributed by atoms with Crippen LogP contribution >= 0.6 is 39.0 Å². The van der Waals surface area contributed by atoms with E-state index in [1.165, 1.54) is 28.7 Å². The van der Waals surface area contributed by atoms with Gasteiger partial charge < -0.3 is 20.7 Å². The van der Waals surface area contributed by atoms with Gasteiger partial charge in [0.15, 0.2) is 0 Å². The van der Waals surface area contributed by atoms with E-state index in [1.54, 1.807) is 55.5 Å². The van der Waals surface area contributed by atoms with Crippen molar-refractivity contribution in [2.75, 3.05) is 23.0 Å². The topological polar surface area (TPSA) is 114 Å². The summed E-state index contributed by atoms with van der Waals surface area (Å²) in [6.45, 7) is 2.01. The van der Waals surface area contributed by atoms with Gasteiger partial charge >= 0.3 is 5.97 Å². The van der Waals surface area contributed by atoms with Crippen LogP contribution in [0.5, 0.6) is 0 Å². The molecular weight excluding hydrogens is 759 g/mol. The van der Waals surface area contributed by atoms with E-state index in [-0.39, 0.29) is 24.0 Å². The Morgan fingerprint density at radius 2 is 1.65 bits per heavy atom. The maximum Gasteiger partial charge on any atom is 0.341 e. The van der Waals surface area contributed by atoms with Crippen molar-refractivity contribution in [3.63, 3.8) is 0 Å². The Morgan fingerprint density at radius 1 is 0.904 bits per heavy atom. The van der Waals surface area contributed by atoms with Crippen molar-refractivity contribution >= 4 is 79.5 Å². The number of hydrogen-bond donors (Lipinski definition) is 3. The van der Waals surface area contributed by atoms with Gasteiger partial charge in [0, 0.05) is 25.5 Å². The summed E-state index contributed by atoms with van der Waals surface area (Å²) >= 11 is 6.21. The molecule has 0 spiro atoms. The van der Waals surface area contributed by atoms with Gasteiger partial charge in [0.05, 0.1) is 17.9 Å². The normalized spacial score (nSPS) is 13.8. The Morgan fingerprint density at radius 3 is 2.40 bits per heavy atom. The lowest BCUT2D eigenvalue weighted by molar-refractivity contribution is -0.114. The molecule has 1 aliphatic carbocycles. The molecule has 6 rings (SSSR count). The Bertz CT molecular complexity index is 2120. The van der Waals surface area contributed by atoms with E-state index >= 15 is 0 Å². The molecule has 1 aromatic heterocycles. The highest BCUT2D eigenvalue weighted by Crippen LogP contribution is 2.43. The Hall–Kier alpha value is -4.97. The summed E-state index contributed by atoms with van der Waals surface area (Å²) in [7, 11) is 0. The van der Waals surface area contributed by atoms with E-state index in [0.29, 0.717) is 27.7 Å². The van der Waals surface area contributed by atoms with Gasteiger partial charge in [0.2, 0.25) is 5.91 Å². The molecule has 0 radical (unpaired) electrons. The van der Waals surface area contributed by atoms with Crippen LogP contribution in [0.1, 0.15) is 61.5 Å². The first-order valence-corrected chi connectivity index (χ1v) is 19.4. The average molecular weight is 795 g/mol. The van der Waals surface area contributed by atoms with Crippen molar-refractivity contribution in [3.05, 3.63) is 152 Å². The number of fused-ring (bicyclic) bond motifs is 1. The fourth-order valence-corrected chi connectivity index (χ4v) is 8.49. The summed E-state index contributed by atoms with van der Waals surface area (Å²) in [5.41, 5.74) is 4.40. The highest BCUT2D eigenvalue weighted by molar-refractivity contribution is 9.10. The molecule has 11 heteroatoms. The van der Waals surface area contributed by atoms with E-state index in [0.717, 1.165) is 44.6 Å². The number of carbonyl (C=O) groups is 4. The van der Waals surface area contributed by atoms with E-state index in [9.17, 15) is 19.2 Å². The van der Waals surface area contributed by atoms with Crippen molar-refractivity contribution in [2.24, 2.45) is 0 Å². The minimum absolute atomic E-state index is 0.0653. The van der Waals surface area contributed by atoms with Crippen molar-refractivity contribution in [1.82, 2.24) is 5.32 Å². The van der Waals surface area contributed by atoms with Crippen molar-refractivity contribution < 1.29 is 23.9 Å². The minimum atomic E-state index is -0.508. The zero-order valence-corrected chi connectivity index (χ0v) is 31.5. The second kappa shape index (κ2) is 17.5. The van der Waals surface area contributed by atoms with Crippen LogP contribution in [0.25, 0.3) is 6.08 Å². The molecule has 4 aromatic carbocycles. The van der Waals surface area contributed by atoms with Gasteiger partial charge in [0.1, 0.15) is 10.7 Å². The molecule has 0 saturated heterocycles. The average Bonchev–Trinajstić information content (AvgIpc) is 3.51. The highest BCUT2D eigenvalue weighted by Gasteiger charge is 2.31. The number of thioether (sulfide) groups is 1. The Kier molecular flexibility index (Phi) is 12.4. The van der Waals surface area contributed by atoms with Crippen LogP contribution in [0, 0.1) is 0 Å². The van der Waals surface area contributed by atoms with Crippen molar-refractivity contribution in [2.45, 2.75) is 37.0 Å². The Labute approximate surface area is 319 Å². The number of carbonyl (C=O) groups excluding carboxylic acids is 4. The van der Waals surface area contributed by atoms with Crippen LogP contribution in [-0.4, -0.2) is 36.1 Å². The first-order chi connectivity index (χ1) is 25.3. The molecule has 5 aromatic rings. The zero-order valence-electron chi connectivity index (χ0n) is 28.3. The first kappa shape index (κ1) is 36.8. The summed E-state index contributed by atoms with van der Waals surface area (Å²) in [6.07, 6.45) is 4.06. The molecule has 0 saturated carbocycles. The van der Waals surface area contributed by atoms with Crippen LogP contribution in [0.4, 0.5) is 10.7 Å². The molecule has 1 atom stereocenters. The summed E-state index contributed by atoms with van der Waals surface area (Å²) < 4.78 is 6.24. The van der Waals surface area contributed by atoms with E-state index in [4.69, 9.17) is 4.74 Å². The predicted molar refractivity (Wildman–Crippen MR) is 212 cm³/mol. The molecule has 1 aliphatic rings. The molecule has 0 fully saturated rings. The fraction of sp³-hybridized carbons (Fsp3) is 0.171. The lowest BCUT2D eigenvalue weighted by Crippen LogP contribution is -2.30. The molecule has 264 valence electrons. The number of halogens is 1. The maximum absolute atomic E-state index is 13.6. The Balaban J connectivity index is 1.13. The molecule has 8 nitrogen and oxygen atoms in total. The van der Waals surface area contributed by atoms with Gasteiger partial charge in [-0.2, -0.15) is 0 Å². The predicted octanol–water partition coefficient (Wildman–Crippen LogP) is 9.10. The maximum atomic E-state index is 13.6. The smallest absolute Gasteiger partial charge is 0.341 e. The number of amides is 3. The SMILES string of the molecule is CCOC(=O)c1c(NC(=O)CSc2cccc(NC(=O)/C(=C\c3cccc(Br)c3)NC(=O)c3ccccc3)c2)sc2c1CCC(c1ccccc1)C2. The molecule has 0 bridgehead atoms. The number of hydrogen-bond acceptors (Lipinski definition) is 7. The number of ether oxygens (including phenoxy) is 1.